The van der Waals surface area contributed by atoms with Crippen molar-refractivity contribution in [2.24, 2.45) is 0 Å². The fourth-order valence-corrected chi connectivity index (χ4v) is 4.97. The van der Waals surface area contributed by atoms with Gasteiger partial charge in [0.2, 0.25) is 11.8 Å². The largest absolute Gasteiger partial charge is 0.324 e. The fourth-order valence-electron chi connectivity index (χ4n) is 3.35. The summed E-state index contributed by atoms with van der Waals surface area (Å²) in [5, 5.41) is 2.82. The van der Waals surface area contributed by atoms with Crippen molar-refractivity contribution in [3.05, 3.63) is 53.6 Å². The summed E-state index contributed by atoms with van der Waals surface area (Å²) >= 11 is 0. The first-order valence-corrected chi connectivity index (χ1v) is 10.5. The van der Waals surface area contributed by atoms with E-state index in [4.69, 9.17) is 0 Å². The normalized spacial score (nSPS) is 17.6. The zero-order chi connectivity index (χ0) is 20.7. The van der Waals surface area contributed by atoms with Crippen molar-refractivity contribution in [2.75, 3.05) is 16.8 Å². The zero-order valence-electron chi connectivity index (χ0n) is 16.4. The van der Waals surface area contributed by atoms with Crippen molar-refractivity contribution < 1.29 is 18.0 Å². The molecule has 0 saturated heterocycles. The Morgan fingerprint density at radius 2 is 1.82 bits per heavy atom. The molecule has 0 aliphatic carbocycles. The number of fused-ring (bicyclic) bond motifs is 1. The molecule has 3 rings (SSSR count). The number of hydrogen-bond acceptors (Lipinski definition) is 4. The van der Waals surface area contributed by atoms with Crippen LogP contribution < -0.4 is 10.2 Å². The maximum Gasteiger partial charge on any atom is 0.244 e. The Kier molecular flexibility index (Phi) is 5.06. The number of anilines is 2. The third kappa shape index (κ3) is 3.54. The summed E-state index contributed by atoms with van der Waals surface area (Å²) in [6.07, 6.45) is -0.194. The smallest absolute Gasteiger partial charge is 0.244 e. The SMILES string of the molecule is Cc1ccc(NC(=O)CN2C(=O)CC(C)(C)S(=O)(=O)c3ccccc32)c(C)c1. The molecule has 2 aromatic rings. The van der Waals surface area contributed by atoms with E-state index >= 15 is 0 Å². The van der Waals surface area contributed by atoms with E-state index in [0.717, 1.165) is 11.1 Å². The lowest BCUT2D eigenvalue weighted by atomic mass is 10.1. The molecule has 1 aliphatic heterocycles. The predicted molar refractivity (Wildman–Crippen MR) is 109 cm³/mol. The van der Waals surface area contributed by atoms with Crippen LogP contribution in [0.15, 0.2) is 47.4 Å². The summed E-state index contributed by atoms with van der Waals surface area (Å²) in [5.41, 5.74) is 2.91. The standard InChI is InChI=1S/C21H24N2O4S/c1-14-9-10-16(15(2)11-14)22-19(24)13-23-17-7-5-6-8-18(17)28(26,27)21(3,4)12-20(23)25/h5-11H,12-13H2,1-4H3,(H,22,24). The molecule has 6 nitrogen and oxygen atoms in total. The molecular weight excluding hydrogens is 376 g/mol. The van der Waals surface area contributed by atoms with Gasteiger partial charge in [-0.1, -0.05) is 29.8 Å². The number of carbonyl (C=O) groups is 2. The summed E-state index contributed by atoms with van der Waals surface area (Å²) in [6.45, 7) is 6.68. The molecule has 2 aromatic carbocycles. The number of aryl methyl sites for hydroxylation is 2. The summed E-state index contributed by atoms with van der Waals surface area (Å²) < 4.78 is 24.8. The van der Waals surface area contributed by atoms with Crippen LogP contribution in [0.2, 0.25) is 0 Å². The molecule has 0 fully saturated rings. The van der Waals surface area contributed by atoms with Crippen molar-refractivity contribution in [2.45, 2.75) is 43.8 Å². The Bertz CT molecular complexity index is 1060. The third-order valence-electron chi connectivity index (χ3n) is 5.01. The first-order valence-electron chi connectivity index (χ1n) is 9.04. The molecule has 28 heavy (non-hydrogen) atoms. The quantitative estimate of drug-likeness (QED) is 0.857. The maximum absolute atomic E-state index is 13.0. The van der Waals surface area contributed by atoms with Gasteiger partial charge in [0.15, 0.2) is 9.84 Å². The van der Waals surface area contributed by atoms with E-state index in [2.05, 4.69) is 5.32 Å². The summed E-state index contributed by atoms with van der Waals surface area (Å²) in [7, 11) is -3.72. The maximum atomic E-state index is 13.0. The van der Waals surface area contributed by atoms with Gasteiger partial charge in [-0.25, -0.2) is 8.42 Å². The Labute approximate surface area is 165 Å². The number of para-hydroxylation sites is 1. The minimum Gasteiger partial charge on any atom is -0.324 e. The van der Waals surface area contributed by atoms with E-state index < -0.39 is 20.5 Å². The van der Waals surface area contributed by atoms with Crippen LogP contribution in [0, 0.1) is 13.8 Å². The highest BCUT2D eigenvalue weighted by Crippen LogP contribution is 2.38. The van der Waals surface area contributed by atoms with E-state index in [1.54, 1.807) is 18.2 Å². The molecule has 2 amide bonds. The first kappa shape index (κ1) is 20.1. The van der Waals surface area contributed by atoms with Crippen LogP contribution >= 0.6 is 0 Å². The highest BCUT2D eigenvalue weighted by molar-refractivity contribution is 7.93. The van der Waals surface area contributed by atoms with Gasteiger partial charge in [0.25, 0.3) is 0 Å². The van der Waals surface area contributed by atoms with E-state index in [0.29, 0.717) is 5.69 Å². The Hall–Kier alpha value is -2.67. The highest BCUT2D eigenvalue weighted by atomic mass is 32.2. The summed E-state index contributed by atoms with van der Waals surface area (Å²) in [6, 6.07) is 12.0. The molecule has 0 atom stereocenters. The molecular formula is C21H24N2O4S. The van der Waals surface area contributed by atoms with E-state index in [1.165, 1.54) is 24.8 Å². The van der Waals surface area contributed by atoms with E-state index in [1.807, 2.05) is 32.0 Å². The predicted octanol–water partition coefficient (Wildman–Crippen LogP) is 3.23. The third-order valence-corrected chi connectivity index (χ3v) is 7.53. The van der Waals surface area contributed by atoms with Gasteiger partial charge in [-0.05, 0) is 51.5 Å². The number of sulfone groups is 1. The van der Waals surface area contributed by atoms with Crippen LogP contribution in [-0.2, 0) is 19.4 Å². The Morgan fingerprint density at radius 3 is 2.50 bits per heavy atom. The molecule has 1 heterocycles. The lowest BCUT2D eigenvalue weighted by molar-refractivity contribution is -0.121. The molecule has 0 bridgehead atoms. The number of rotatable bonds is 3. The van der Waals surface area contributed by atoms with Crippen LogP contribution in [0.4, 0.5) is 11.4 Å². The van der Waals surface area contributed by atoms with Crippen LogP contribution in [0.5, 0.6) is 0 Å². The van der Waals surface area contributed by atoms with Crippen molar-refractivity contribution in [1.82, 2.24) is 0 Å². The highest BCUT2D eigenvalue weighted by Gasteiger charge is 2.44. The molecule has 0 unspecified atom stereocenters. The number of carbonyl (C=O) groups excluding carboxylic acids is 2. The van der Waals surface area contributed by atoms with Gasteiger partial charge in [-0.15, -0.1) is 0 Å². The van der Waals surface area contributed by atoms with Gasteiger partial charge < -0.3 is 10.2 Å². The summed E-state index contributed by atoms with van der Waals surface area (Å²) in [4.78, 5) is 26.9. The minimum atomic E-state index is -3.72. The van der Waals surface area contributed by atoms with E-state index in [9.17, 15) is 18.0 Å². The van der Waals surface area contributed by atoms with Crippen molar-refractivity contribution in [3.63, 3.8) is 0 Å². The van der Waals surface area contributed by atoms with Gasteiger partial charge in [0, 0.05) is 12.1 Å². The van der Waals surface area contributed by atoms with Crippen molar-refractivity contribution >= 4 is 33.0 Å². The zero-order valence-corrected chi connectivity index (χ0v) is 17.3. The van der Waals surface area contributed by atoms with Gasteiger partial charge in [-0.3, -0.25) is 9.59 Å². The molecule has 0 radical (unpaired) electrons. The number of nitrogens with zero attached hydrogens (tertiary/aromatic N) is 1. The number of nitrogens with one attached hydrogen (secondary N) is 1. The van der Waals surface area contributed by atoms with Crippen LogP contribution in [0.1, 0.15) is 31.4 Å². The van der Waals surface area contributed by atoms with Crippen LogP contribution in [0.25, 0.3) is 0 Å². The number of hydrogen-bond donors (Lipinski definition) is 1. The Balaban J connectivity index is 1.95. The van der Waals surface area contributed by atoms with Crippen LogP contribution in [0.3, 0.4) is 0 Å². The van der Waals surface area contributed by atoms with Gasteiger partial charge in [0.1, 0.15) is 6.54 Å². The average Bonchev–Trinajstić information content (AvgIpc) is 2.66. The first-order chi connectivity index (χ1) is 13.0. The number of benzene rings is 2. The van der Waals surface area contributed by atoms with Crippen molar-refractivity contribution in [3.8, 4) is 0 Å². The van der Waals surface area contributed by atoms with Crippen LogP contribution in [-0.4, -0.2) is 31.5 Å². The topological polar surface area (TPSA) is 83.6 Å². The minimum absolute atomic E-state index is 0.0742. The average molecular weight is 401 g/mol. The lowest BCUT2D eigenvalue weighted by Crippen LogP contribution is -2.40. The second-order valence-corrected chi connectivity index (χ2v) is 10.3. The van der Waals surface area contributed by atoms with Crippen molar-refractivity contribution in [1.29, 1.82) is 0 Å². The fraction of sp³-hybridized carbons (Fsp3) is 0.333. The molecule has 0 saturated carbocycles. The molecule has 0 spiro atoms. The van der Waals surface area contributed by atoms with Gasteiger partial charge in [0.05, 0.1) is 15.3 Å². The summed E-state index contributed by atoms with van der Waals surface area (Å²) in [5.74, 6) is -0.776. The monoisotopic (exact) mass is 400 g/mol. The van der Waals surface area contributed by atoms with Gasteiger partial charge in [-0.2, -0.15) is 0 Å². The van der Waals surface area contributed by atoms with Gasteiger partial charge >= 0.3 is 0 Å². The molecule has 7 heteroatoms. The molecule has 1 aliphatic rings. The number of amides is 2. The lowest BCUT2D eigenvalue weighted by Gasteiger charge is -2.22. The molecule has 1 N–H and O–H groups in total. The molecule has 0 aromatic heterocycles. The second kappa shape index (κ2) is 7.05. The van der Waals surface area contributed by atoms with E-state index in [-0.39, 0.29) is 29.5 Å². The molecule has 148 valence electrons. The Morgan fingerprint density at radius 1 is 1.14 bits per heavy atom. The second-order valence-electron chi connectivity index (χ2n) is 7.75.